The molecule has 0 amide bonds. The average molecular weight is 141 g/mol. The van der Waals surface area contributed by atoms with Crippen LogP contribution < -0.4 is 5.32 Å². The van der Waals surface area contributed by atoms with E-state index in [1.165, 1.54) is 25.7 Å². The van der Waals surface area contributed by atoms with Gasteiger partial charge in [0.1, 0.15) is 0 Å². The van der Waals surface area contributed by atoms with Crippen LogP contribution in [0.25, 0.3) is 0 Å². The van der Waals surface area contributed by atoms with Gasteiger partial charge in [-0.15, -0.1) is 0 Å². The molecule has 1 unspecified atom stereocenters. The summed E-state index contributed by atoms with van der Waals surface area (Å²) in [6.45, 7) is 1.47. The van der Waals surface area contributed by atoms with Gasteiger partial charge in [0.25, 0.3) is 0 Å². The van der Waals surface area contributed by atoms with E-state index in [0.717, 1.165) is 6.54 Å². The molecule has 1 heterocycles. The Morgan fingerprint density at radius 2 is 2.20 bits per heavy atom. The fraction of sp³-hybridized carbons (Fsp3) is 1.00. The van der Waals surface area contributed by atoms with Crippen LogP contribution in [-0.4, -0.2) is 24.3 Å². The Labute approximate surface area is 61.6 Å². The molecule has 2 heteroatoms. The maximum absolute atomic E-state index is 8.82. The van der Waals surface area contributed by atoms with Crippen LogP contribution in [-0.2, 0) is 0 Å². The smallest absolute Gasteiger partial charge is 0.0584 e. The molecule has 10 heavy (non-hydrogen) atoms. The number of rotatable bonds is 1. The molecule has 1 spiro atoms. The first-order valence-corrected chi connectivity index (χ1v) is 4.19. The quantitative estimate of drug-likeness (QED) is 0.557. The number of hydrogen-bond donors (Lipinski definition) is 2. The van der Waals surface area contributed by atoms with Gasteiger partial charge >= 0.3 is 0 Å². The average Bonchev–Trinajstić information content (AvgIpc) is 2.72. The van der Waals surface area contributed by atoms with Gasteiger partial charge in [0, 0.05) is 12.6 Å². The third kappa shape index (κ3) is 1.06. The van der Waals surface area contributed by atoms with Crippen LogP contribution >= 0.6 is 0 Å². The Morgan fingerprint density at radius 1 is 1.40 bits per heavy atom. The molecule has 1 aliphatic carbocycles. The highest BCUT2D eigenvalue weighted by molar-refractivity contribution is 4.98. The zero-order valence-corrected chi connectivity index (χ0v) is 6.27. The molecular formula is C8H15NO. The molecule has 0 bridgehead atoms. The van der Waals surface area contributed by atoms with Gasteiger partial charge < -0.3 is 10.4 Å². The van der Waals surface area contributed by atoms with Gasteiger partial charge in [-0.2, -0.15) is 0 Å². The Morgan fingerprint density at radius 3 is 2.60 bits per heavy atom. The van der Waals surface area contributed by atoms with Crippen LogP contribution in [0.1, 0.15) is 25.7 Å². The lowest BCUT2D eigenvalue weighted by Gasteiger charge is -2.28. The van der Waals surface area contributed by atoms with Gasteiger partial charge in [0.15, 0.2) is 0 Å². The van der Waals surface area contributed by atoms with Crippen molar-refractivity contribution in [2.75, 3.05) is 13.2 Å². The van der Waals surface area contributed by atoms with E-state index in [4.69, 9.17) is 5.11 Å². The fourth-order valence-electron chi connectivity index (χ4n) is 1.79. The second-order valence-corrected chi connectivity index (χ2v) is 3.80. The highest BCUT2D eigenvalue weighted by Gasteiger charge is 2.44. The van der Waals surface area contributed by atoms with Gasteiger partial charge in [-0.25, -0.2) is 0 Å². The zero-order valence-electron chi connectivity index (χ0n) is 6.27. The third-order valence-electron chi connectivity index (χ3n) is 2.97. The number of aliphatic hydroxyl groups is 1. The standard InChI is InChI=1S/C8H15NO/c10-5-7-1-2-8(3-4-8)6-9-7/h7,9-10H,1-6H2. The topological polar surface area (TPSA) is 32.3 Å². The minimum atomic E-state index is 0.316. The van der Waals surface area contributed by atoms with Crippen molar-refractivity contribution in [1.29, 1.82) is 0 Å². The van der Waals surface area contributed by atoms with Gasteiger partial charge in [-0.3, -0.25) is 0 Å². The molecule has 0 aromatic heterocycles. The van der Waals surface area contributed by atoms with Crippen LogP contribution in [0.2, 0.25) is 0 Å². The van der Waals surface area contributed by atoms with E-state index in [1.807, 2.05) is 0 Å². The molecular weight excluding hydrogens is 126 g/mol. The maximum atomic E-state index is 8.82. The molecule has 0 radical (unpaired) electrons. The molecule has 1 saturated carbocycles. The third-order valence-corrected chi connectivity index (χ3v) is 2.97. The number of nitrogens with one attached hydrogen (secondary N) is 1. The van der Waals surface area contributed by atoms with E-state index in [2.05, 4.69) is 5.32 Å². The lowest BCUT2D eigenvalue weighted by Crippen LogP contribution is -2.41. The van der Waals surface area contributed by atoms with Crippen molar-refractivity contribution in [2.45, 2.75) is 31.7 Å². The molecule has 2 N–H and O–H groups in total. The lowest BCUT2D eigenvalue weighted by atomic mass is 9.92. The first kappa shape index (κ1) is 6.62. The van der Waals surface area contributed by atoms with Crippen LogP contribution in [0.4, 0.5) is 0 Å². The Hall–Kier alpha value is -0.0800. The zero-order chi connectivity index (χ0) is 7.03. The molecule has 0 aromatic carbocycles. The van der Waals surface area contributed by atoms with Gasteiger partial charge in [0.05, 0.1) is 6.61 Å². The Kier molecular flexibility index (Phi) is 1.46. The van der Waals surface area contributed by atoms with Crippen LogP contribution in [0.15, 0.2) is 0 Å². The van der Waals surface area contributed by atoms with Gasteiger partial charge in [0.2, 0.25) is 0 Å². The second kappa shape index (κ2) is 2.21. The number of hydrogen-bond acceptors (Lipinski definition) is 2. The van der Waals surface area contributed by atoms with Crippen molar-refractivity contribution < 1.29 is 5.11 Å². The van der Waals surface area contributed by atoms with Crippen LogP contribution in [0.3, 0.4) is 0 Å². The number of aliphatic hydroxyl groups excluding tert-OH is 1. The summed E-state index contributed by atoms with van der Waals surface area (Å²) in [7, 11) is 0. The van der Waals surface area contributed by atoms with Gasteiger partial charge in [-0.1, -0.05) is 0 Å². The lowest BCUT2D eigenvalue weighted by molar-refractivity contribution is 0.191. The summed E-state index contributed by atoms with van der Waals surface area (Å²) in [5.41, 5.74) is 0.686. The van der Waals surface area contributed by atoms with E-state index in [-0.39, 0.29) is 0 Å². The monoisotopic (exact) mass is 141 g/mol. The van der Waals surface area contributed by atoms with E-state index in [9.17, 15) is 0 Å². The predicted octanol–water partition coefficient (Wildman–Crippen LogP) is 0.511. The summed E-state index contributed by atoms with van der Waals surface area (Å²) < 4.78 is 0. The number of piperidine rings is 1. The highest BCUT2D eigenvalue weighted by atomic mass is 16.3. The van der Waals surface area contributed by atoms with Crippen molar-refractivity contribution >= 4 is 0 Å². The molecule has 0 aromatic rings. The largest absolute Gasteiger partial charge is 0.395 e. The first-order chi connectivity index (χ1) is 4.85. The fourth-order valence-corrected chi connectivity index (χ4v) is 1.79. The summed E-state index contributed by atoms with van der Waals surface area (Å²) in [6, 6.07) is 0.395. The normalized spacial score (nSPS) is 36.3. The highest BCUT2D eigenvalue weighted by Crippen LogP contribution is 2.50. The summed E-state index contributed by atoms with van der Waals surface area (Å²) in [4.78, 5) is 0. The van der Waals surface area contributed by atoms with E-state index in [0.29, 0.717) is 18.1 Å². The predicted molar refractivity (Wildman–Crippen MR) is 39.8 cm³/mol. The van der Waals surface area contributed by atoms with Gasteiger partial charge in [-0.05, 0) is 31.1 Å². The van der Waals surface area contributed by atoms with E-state index in [1.54, 1.807) is 0 Å². The van der Waals surface area contributed by atoms with Crippen molar-refractivity contribution in [3.8, 4) is 0 Å². The molecule has 2 fully saturated rings. The molecule has 2 aliphatic rings. The first-order valence-electron chi connectivity index (χ1n) is 4.19. The maximum Gasteiger partial charge on any atom is 0.0584 e. The van der Waals surface area contributed by atoms with E-state index < -0.39 is 0 Å². The molecule has 2 rings (SSSR count). The minimum Gasteiger partial charge on any atom is -0.395 e. The van der Waals surface area contributed by atoms with Crippen molar-refractivity contribution in [3.05, 3.63) is 0 Å². The van der Waals surface area contributed by atoms with E-state index >= 15 is 0 Å². The Balaban J connectivity index is 1.84. The molecule has 1 aliphatic heterocycles. The van der Waals surface area contributed by atoms with Crippen LogP contribution in [0, 0.1) is 5.41 Å². The summed E-state index contributed by atoms with van der Waals surface area (Å²) in [5, 5.41) is 12.2. The molecule has 1 atom stereocenters. The van der Waals surface area contributed by atoms with Crippen molar-refractivity contribution in [2.24, 2.45) is 5.41 Å². The molecule has 58 valence electrons. The van der Waals surface area contributed by atoms with Crippen molar-refractivity contribution in [1.82, 2.24) is 5.32 Å². The summed E-state index contributed by atoms with van der Waals surface area (Å²) in [6.07, 6.45) is 5.35. The second-order valence-electron chi connectivity index (χ2n) is 3.80. The SMILES string of the molecule is OCC1CCC2(CC2)CN1. The molecule has 1 saturated heterocycles. The summed E-state index contributed by atoms with van der Waals surface area (Å²) in [5.74, 6) is 0. The van der Waals surface area contributed by atoms with Crippen molar-refractivity contribution in [3.63, 3.8) is 0 Å². The van der Waals surface area contributed by atoms with Crippen LogP contribution in [0.5, 0.6) is 0 Å². The Bertz CT molecular complexity index is 121. The molecule has 2 nitrogen and oxygen atoms in total. The summed E-state index contributed by atoms with van der Waals surface area (Å²) >= 11 is 0. The minimum absolute atomic E-state index is 0.316.